The van der Waals surface area contributed by atoms with E-state index in [2.05, 4.69) is 9.97 Å². The number of carbonyl (C=O) groups is 1. The molecule has 1 N–H and O–H groups in total. The third-order valence-electron chi connectivity index (χ3n) is 1.94. The zero-order valence-electron chi connectivity index (χ0n) is 7.23. The molecular formula is C8H6ClN3O2. The van der Waals surface area contributed by atoms with E-state index in [1.54, 1.807) is 11.6 Å². The van der Waals surface area contributed by atoms with Crippen molar-refractivity contribution in [3.8, 4) is 0 Å². The van der Waals surface area contributed by atoms with Gasteiger partial charge < -0.3 is 9.67 Å². The summed E-state index contributed by atoms with van der Waals surface area (Å²) in [7, 11) is 1.71. The predicted octanol–water partition coefficient (Wildman–Crippen LogP) is 1.32. The first-order chi connectivity index (χ1) is 6.61. The Labute approximate surface area is 84.0 Å². The molecule has 2 rings (SSSR count). The van der Waals surface area contributed by atoms with Crippen LogP contribution in [0.5, 0.6) is 0 Å². The second-order valence-corrected chi connectivity index (χ2v) is 3.18. The first kappa shape index (κ1) is 8.96. The number of aromatic carboxylic acids is 1. The quantitative estimate of drug-likeness (QED) is 0.723. The minimum absolute atomic E-state index is 0.119. The summed E-state index contributed by atoms with van der Waals surface area (Å²) in [4.78, 5) is 18.5. The first-order valence-corrected chi connectivity index (χ1v) is 4.18. The Balaban J connectivity index is 2.93. The van der Waals surface area contributed by atoms with E-state index in [1.807, 2.05) is 0 Å². The average molecular weight is 212 g/mol. The van der Waals surface area contributed by atoms with Gasteiger partial charge in [-0.2, -0.15) is 0 Å². The molecule has 2 aromatic rings. The van der Waals surface area contributed by atoms with Crippen molar-refractivity contribution in [3.63, 3.8) is 0 Å². The number of aromatic nitrogens is 3. The topological polar surface area (TPSA) is 68.0 Å². The first-order valence-electron chi connectivity index (χ1n) is 3.80. The van der Waals surface area contributed by atoms with Crippen molar-refractivity contribution in [3.05, 3.63) is 23.2 Å². The molecule has 0 aliphatic rings. The molecule has 0 radical (unpaired) electrons. The lowest BCUT2D eigenvalue weighted by Gasteiger charge is -1.94. The molecule has 0 fully saturated rings. The van der Waals surface area contributed by atoms with Gasteiger partial charge in [0.05, 0.1) is 10.9 Å². The Hall–Kier alpha value is -1.62. The van der Waals surface area contributed by atoms with Gasteiger partial charge in [-0.15, -0.1) is 0 Å². The highest BCUT2D eigenvalue weighted by Crippen LogP contribution is 2.24. The van der Waals surface area contributed by atoms with E-state index in [-0.39, 0.29) is 10.7 Å². The Bertz CT molecular complexity index is 521. The molecular weight excluding hydrogens is 206 g/mol. The van der Waals surface area contributed by atoms with Crippen molar-refractivity contribution in [2.75, 3.05) is 0 Å². The lowest BCUT2D eigenvalue weighted by molar-refractivity contribution is 0.0699. The van der Waals surface area contributed by atoms with Crippen LogP contribution in [0, 0.1) is 0 Å². The summed E-state index contributed by atoms with van der Waals surface area (Å²) >= 11 is 5.79. The highest BCUT2D eigenvalue weighted by molar-refractivity contribution is 6.35. The average Bonchev–Trinajstić information content (AvgIpc) is 2.46. The molecule has 6 heteroatoms. The van der Waals surface area contributed by atoms with E-state index in [1.165, 1.54) is 12.5 Å². The second kappa shape index (κ2) is 2.95. The number of nitrogens with zero attached hydrogens (tertiary/aromatic N) is 3. The number of carboxylic acid groups (broad SMARTS) is 1. The van der Waals surface area contributed by atoms with Crippen molar-refractivity contribution in [1.29, 1.82) is 0 Å². The van der Waals surface area contributed by atoms with Gasteiger partial charge in [0.15, 0.2) is 0 Å². The van der Waals surface area contributed by atoms with Crippen LogP contribution in [0.1, 0.15) is 10.4 Å². The molecule has 2 aromatic heterocycles. The van der Waals surface area contributed by atoms with Crippen molar-refractivity contribution in [2.45, 2.75) is 0 Å². The molecule has 2 heterocycles. The molecule has 0 unspecified atom stereocenters. The molecule has 0 bridgehead atoms. The molecule has 0 saturated carbocycles. The number of halogens is 1. The summed E-state index contributed by atoms with van der Waals surface area (Å²) in [6.45, 7) is 0. The van der Waals surface area contributed by atoms with Crippen molar-refractivity contribution in [1.82, 2.24) is 14.5 Å². The van der Waals surface area contributed by atoms with Crippen LogP contribution in [0.4, 0.5) is 0 Å². The van der Waals surface area contributed by atoms with E-state index in [9.17, 15) is 4.79 Å². The van der Waals surface area contributed by atoms with E-state index < -0.39 is 5.97 Å². The second-order valence-electron chi connectivity index (χ2n) is 2.82. The fourth-order valence-electron chi connectivity index (χ4n) is 1.34. The summed E-state index contributed by atoms with van der Waals surface area (Å²) in [5, 5.41) is 9.43. The van der Waals surface area contributed by atoms with Crippen molar-refractivity contribution in [2.24, 2.45) is 7.05 Å². The summed E-state index contributed by atoms with van der Waals surface area (Å²) in [5.41, 5.74) is 0.635. The van der Waals surface area contributed by atoms with Crippen LogP contribution in [0.15, 0.2) is 12.5 Å². The predicted molar refractivity (Wildman–Crippen MR) is 50.5 cm³/mol. The summed E-state index contributed by atoms with van der Waals surface area (Å²) < 4.78 is 1.60. The number of fused-ring (bicyclic) bond motifs is 1. The fourth-order valence-corrected chi connectivity index (χ4v) is 1.57. The lowest BCUT2D eigenvalue weighted by Crippen LogP contribution is -1.94. The summed E-state index contributed by atoms with van der Waals surface area (Å²) in [6, 6.07) is 0. The minimum Gasteiger partial charge on any atom is -0.478 e. The minimum atomic E-state index is -1.03. The number of hydrogen-bond donors (Lipinski definition) is 1. The van der Waals surface area contributed by atoms with Crippen LogP contribution < -0.4 is 0 Å². The molecule has 0 aliphatic heterocycles. The molecule has 0 spiro atoms. The number of aryl methyl sites for hydroxylation is 1. The van der Waals surface area contributed by atoms with Crippen molar-refractivity contribution >= 4 is 28.6 Å². The Morgan fingerprint density at radius 3 is 2.93 bits per heavy atom. The zero-order valence-corrected chi connectivity index (χ0v) is 7.99. The van der Waals surface area contributed by atoms with E-state index in [0.29, 0.717) is 11.0 Å². The fraction of sp³-hybridized carbons (Fsp3) is 0.125. The third-order valence-corrected chi connectivity index (χ3v) is 2.22. The number of hydrogen-bond acceptors (Lipinski definition) is 3. The Morgan fingerprint density at radius 1 is 1.57 bits per heavy atom. The van der Waals surface area contributed by atoms with Crippen LogP contribution in [0.25, 0.3) is 11.0 Å². The molecule has 72 valence electrons. The molecule has 14 heavy (non-hydrogen) atoms. The van der Waals surface area contributed by atoms with Crippen molar-refractivity contribution < 1.29 is 9.90 Å². The van der Waals surface area contributed by atoms with Crippen LogP contribution in [0.3, 0.4) is 0 Å². The van der Waals surface area contributed by atoms with Gasteiger partial charge in [-0.1, -0.05) is 11.6 Å². The van der Waals surface area contributed by atoms with Crippen LogP contribution >= 0.6 is 11.6 Å². The molecule has 0 aromatic carbocycles. The monoisotopic (exact) mass is 211 g/mol. The SMILES string of the molecule is Cn1cc(C(=O)O)c2c(Cl)ncnc21. The van der Waals surface area contributed by atoms with Crippen LogP contribution in [-0.4, -0.2) is 25.6 Å². The van der Waals surface area contributed by atoms with Gasteiger partial charge in [0.25, 0.3) is 0 Å². The maximum atomic E-state index is 10.9. The highest BCUT2D eigenvalue weighted by Gasteiger charge is 2.16. The molecule has 0 atom stereocenters. The number of rotatable bonds is 1. The van der Waals surface area contributed by atoms with Gasteiger partial charge in [-0.25, -0.2) is 14.8 Å². The Morgan fingerprint density at radius 2 is 2.29 bits per heavy atom. The Kier molecular flexibility index (Phi) is 1.89. The smallest absolute Gasteiger partial charge is 0.338 e. The normalized spacial score (nSPS) is 10.7. The van der Waals surface area contributed by atoms with Gasteiger partial charge >= 0.3 is 5.97 Å². The van der Waals surface area contributed by atoms with Gasteiger partial charge in [0.2, 0.25) is 0 Å². The molecule has 0 aliphatic carbocycles. The highest BCUT2D eigenvalue weighted by atomic mass is 35.5. The number of carboxylic acids is 1. The zero-order chi connectivity index (χ0) is 10.3. The largest absolute Gasteiger partial charge is 0.478 e. The van der Waals surface area contributed by atoms with Gasteiger partial charge in [-0.05, 0) is 0 Å². The van der Waals surface area contributed by atoms with Gasteiger partial charge in [0.1, 0.15) is 17.1 Å². The maximum Gasteiger partial charge on any atom is 0.338 e. The molecule has 0 amide bonds. The van der Waals surface area contributed by atoms with Gasteiger partial charge in [0, 0.05) is 13.2 Å². The van der Waals surface area contributed by atoms with Crippen LogP contribution in [-0.2, 0) is 7.05 Å². The van der Waals surface area contributed by atoms with Gasteiger partial charge in [-0.3, -0.25) is 0 Å². The third kappa shape index (κ3) is 1.13. The van der Waals surface area contributed by atoms with E-state index >= 15 is 0 Å². The summed E-state index contributed by atoms with van der Waals surface area (Å²) in [6.07, 6.45) is 2.77. The summed E-state index contributed by atoms with van der Waals surface area (Å²) in [5.74, 6) is -1.03. The van der Waals surface area contributed by atoms with E-state index in [0.717, 1.165) is 0 Å². The van der Waals surface area contributed by atoms with E-state index in [4.69, 9.17) is 16.7 Å². The molecule has 0 saturated heterocycles. The standard InChI is InChI=1S/C8H6ClN3O2/c1-12-2-4(8(13)14)5-6(9)10-3-11-7(5)12/h2-3H,1H3,(H,13,14). The molecule has 5 nitrogen and oxygen atoms in total. The van der Waals surface area contributed by atoms with Crippen LogP contribution in [0.2, 0.25) is 5.15 Å². The lowest BCUT2D eigenvalue weighted by atomic mass is 10.2. The maximum absolute atomic E-state index is 10.9.